The monoisotopic (exact) mass is 418 g/mol. The summed E-state index contributed by atoms with van der Waals surface area (Å²) in [5, 5.41) is 5.54. The van der Waals surface area contributed by atoms with Gasteiger partial charge >= 0.3 is 0 Å². The van der Waals surface area contributed by atoms with Gasteiger partial charge in [-0.3, -0.25) is 9.59 Å². The third kappa shape index (κ3) is 7.28. The van der Waals surface area contributed by atoms with Crippen LogP contribution in [0.1, 0.15) is 18.9 Å². The molecule has 3 rings (SSSR count). The lowest BCUT2D eigenvalue weighted by Crippen LogP contribution is -2.46. The predicted molar refractivity (Wildman–Crippen MR) is 120 cm³/mol. The molecule has 0 heterocycles. The Morgan fingerprint density at radius 3 is 2.10 bits per heavy atom. The van der Waals surface area contributed by atoms with E-state index in [0.717, 1.165) is 11.3 Å². The van der Waals surface area contributed by atoms with E-state index in [2.05, 4.69) is 10.6 Å². The number of carbonyl (C=O) groups is 2. The molecule has 0 radical (unpaired) electrons. The van der Waals surface area contributed by atoms with Crippen LogP contribution in [-0.2, 0) is 20.9 Å². The summed E-state index contributed by atoms with van der Waals surface area (Å²) in [5.74, 6) is 0.838. The predicted octanol–water partition coefficient (Wildman–Crippen LogP) is 4.53. The second-order valence-corrected chi connectivity index (χ2v) is 6.90. The van der Waals surface area contributed by atoms with Crippen LogP contribution in [0.4, 0.5) is 5.69 Å². The SMILES string of the molecule is CCC(=O)NC(COCc1ccccc1)C(=O)Nc1ccc(Oc2ccccc2)cc1. The van der Waals surface area contributed by atoms with Gasteiger partial charge < -0.3 is 20.1 Å². The van der Waals surface area contributed by atoms with Crippen LogP contribution in [0.3, 0.4) is 0 Å². The molecule has 2 N–H and O–H groups in total. The zero-order valence-corrected chi connectivity index (χ0v) is 17.4. The van der Waals surface area contributed by atoms with Crippen LogP contribution in [0.25, 0.3) is 0 Å². The van der Waals surface area contributed by atoms with Crippen molar-refractivity contribution >= 4 is 17.5 Å². The second kappa shape index (κ2) is 11.5. The maximum atomic E-state index is 12.7. The molecule has 0 aliphatic heterocycles. The molecular weight excluding hydrogens is 392 g/mol. The van der Waals surface area contributed by atoms with Gasteiger partial charge in [0.25, 0.3) is 0 Å². The lowest BCUT2D eigenvalue weighted by molar-refractivity contribution is -0.127. The van der Waals surface area contributed by atoms with Crippen LogP contribution in [0.5, 0.6) is 11.5 Å². The minimum Gasteiger partial charge on any atom is -0.457 e. The summed E-state index contributed by atoms with van der Waals surface area (Å²) in [5.41, 5.74) is 1.60. The van der Waals surface area contributed by atoms with Crippen molar-refractivity contribution in [2.24, 2.45) is 0 Å². The molecule has 0 fully saturated rings. The van der Waals surface area contributed by atoms with Crippen molar-refractivity contribution in [2.75, 3.05) is 11.9 Å². The first-order valence-corrected chi connectivity index (χ1v) is 10.2. The highest BCUT2D eigenvalue weighted by molar-refractivity contribution is 5.97. The van der Waals surface area contributed by atoms with E-state index in [1.807, 2.05) is 60.7 Å². The summed E-state index contributed by atoms with van der Waals surface area (Å²) in [6.45, 7) is 2.17. The van der Waals surface area contributed by atoms with Crippen molar-refractivity contribution in [2.45, 2.75) is 26.0 Å². The third-order valence-corrected chi connectivity index (χ3v) is 4.47. The number of nitrogens with one attached hydrogen (secondary N) is 2. The number of hydrogen-bond donors (Lipinski definition) is 2. The molecule has 0 aliphatic rings. The molecule has 3 aromatic carbocycles. The summed E-state index contributed by atoms with van der Waals surface area (Å²) in [6, 6.07) is 25.4. The van der Waals surface area contributed by atoms with Crippen molar-refractivity contribution in [3.8, 4) is 11.5 Å². The van der Waals surface area contributed by atoms with Crippen molar-refractivity contribution in [1.82, 2.24) is 5.32 Å². The molecule has 3 aromatic rings. The summed E-state index contributed by atoms with van der Waals surface area (Å²) in [6.07, 6.45) is 0.286. The van der Waals surface area contributed by atoms with E-state index in [-0.39, 0.29) is 24.8 Å². The van der Waals surface area contributed by atoms with E-state index in [0.29, 0.717) is 18.0 Å². The highest BCUT2D eigenvalue weighted by Crippen LogP contribution is 2.22. The summed E-state index contributed by atoms with van der Waals surface area (Å²) in [7, 11) is 0. The van der Waals surface area contributed by atoms with E-state index >= 15 is 0 Å². The zero-order valence-electron chi connectivity index (χ0n) is 17.4. The molecule has 0 saturated heterocycles. The molecule has 1 atom stereocenters. The molecule has 0 aliphatic carbocycles. The number of amides is 2. The molecule has 0 aromatic heterocycles. The Labute approximate surface area is 182 Å². The molecule has 2 amide bonds. The smallest absolute Gasteiger partial charge is 0.249 e. The van der Waals surface area contributed by atoms with Gasteiger partial charge in [-0.05, 0) is 42.0 Å². The topological polar surface area (TPSA) is 76.7 Å². The van der Waals surface area contributed by atoms with Gasteiger partial charge in [-0.25, -0.2) is 0 Å². The third-order valence-electron chi connectivity index (χ3n) is 4.47. The Bertz CT molecular complexity index is 960. The molecular formula is C25H26N2O4. The number of carbonyl (C=O) groups excluding carboxylic acids is 2. The van der Waals surface area contributed by atoms with Crippen LogP contribution in [0, 0.1) is 0 Å². The molecule has 0 bridgehead atoms. The lowest BCUT2D eigenvalue weighted by atomic mass is 10.2. The van der Waals surface area contributed by atoms with E-state index in [4.69, 9.17) is 9.47 Å². The Morgan fingerprint density at radius 1 is 0.839 bits per heavy atom. The fraction of sp³-hybridized carbons (Fsp3) is 0.200. The van der Waals surface area contributed by atoms with Crippen LogP contribution in [0.15, 0.2) is 84.9 Å². The van der Waals surface area contributed by atoms with Gasteiger partial charge in [0.2, 0.25) is 11.8 Å². The van der Waals surface area contributed by atoms with Crippen LogP contribution in [-0.4, -0.2) is 24.5 Å². The second-order valence-electron chi connectivity index (χ2n) is 6.90. The summed E-state index contributed by atoms with van der Waals surface area (Å²) >= 11 is 0. The Balaban J connectivity index is 1.57. The maximum Gasteiger partial charge on any atom is 0.249 e. The van der Waals surface area contributed by atoms with Crippen molar-refractivity contribution in [1.29, 1.82) is 0 Å². The van der Waals surface area contributed by atoms with Gasteiger partial charge in [0, 0.05) is 12.1 Å². The molecule has 6 nitrogen and oxygen atoms in total. The molecule has 160 valence electrons. The van der Waals surface area contributed by atoms with Gasteiger partial charge in [-0.2, -0.15) is 0 Å². The lowest BCUT2D eigenvalue weighted by Gasteiger charge is -2.18. The van der Waals surface area contributed by atoms with E-state index in [1.54, 1.807) is 31.2 Å². The largest absolute Gasteiger partial charge is 0.457 e. The standard InChI is InChI=1S/C25H26N2O4/c1-2-24(28)27-23(18-30-17-19-9-5-3-6-10-19)25(29)26-20-13-15-22(16-14-20)31-21-11-7-4-8-12-21/h3-16,23H,2,17-18H2,1H3,(H,26,29)(H,27,28). The van der Waals surface area contributed by atoms with Crippen molar-refractivity contribution in [3.05, 3.63) is 90.5 Å². The van der Waals surface area contributed by atoms with Gasteiger partial charge in [0.15, 0.2) is 0 Å². The first kappa shape index (κ1) is 22.1. The van der Waals surface area contributed by atoms with Crippen LogP contribution < -0.4 is 15.4 Å². The van der Waals surface area contributed by atoms with Gasteiger partial charge in [-0.1, -0.05) is 55.5 Å². The van der Waals surface area contributed by atoms with Gasteiger partial charge in [0.05, 0.1) is 13.2 Å². The Kier molecular flexibility index (Phi) is 8.20. The maximum absolute atomic E-state index is 12.7. The number of rotatable bonds is 10. The molecule has 6 heteroatoms. The highest BCUT2D eigenvalue weighted by atomic mass is 16.5. The molecule has 0 saturated carbocycles. The quantitative estimate of drug-likeness (QED) is 0.507. The van der Waals surface area contributed by atoms with Crippen LogP contribution >= 0.6 is 0 Å². The van der Waals surface area contributed by atoms with Crippen molar-refractivity contribution < 1.29 is 19.1 Å². The Morgan fingerprint density at radius 2 is 1.45 bits per heavy atom. The average molecular weight is 418 g/mol. The number of benzene rings is 3. The fourth-order valence-electron chi connectivity index (χ4n) is 2.81. The minimum atomic E-state index is -0.795. The minimum absolute atomic E-state index is 0.0711. The Hall–Kier alpha value is -3.64. The van der Waals surface area contributed by atoms with E-state index in [9.17, 15) is 9.59 Å². The van der Waals surface area contributed by atoms with E-state index in [1.165, 1.54) is 0 Å². The normalized spacial score (nSPS) is 11.4. The van der Waals surface area contributed by atoms with Crippen LogP contribution in [0.2, 0.25) is 0 Å². The number of ether oxygens (including phenoxy) is 2. The number of anilines is 1. The van der Waals surface area contributed by atoms with E-state index < -0.39 is 6.04 Å². The number of hydrogen-bond acceptors (Lipinski definition) is 4. The molecule has 0 spiro atoms. The first-order chi connectivity index (χ1) is 15.1. The van der Waals surface area contributed by atoms with Crippen molar-refractivity contribution in [3.63, 3.8) is 0 Å². The first-order valence-electron chi connectivity index (χ1n) is 10.2. The number of para-hydroxylation sites is 1. The summed E-state index contributed by atoms with van der Waals surface area (Å²) < 4.78 is 11.4. The van der Waals surface area contributed by atoms with Gasteiger partial charge in [0.1, 0.15) is 17.5 Å². The van der Waals surface area contributed by atoms with Gasteiger partial charge in [-0.15, -0.1) is 0 Å². The highest BCUT2D eigenvalue weighted by Gasteiger charge is 2.21. The average Bonchev–Trinajstić information content (AvgIpc) is 2.81. The summed E-state index contributed by atoms with van der Waals surface area (Å²) in [4.78, 5) is 24.6. The fourth-order valence-corrected chi connectivity index (χ4v) is 2.81. The molecule has 1 unspecified atom stereocenters. The zero-order chi connectivity index (χ0) is 21.9. The molecule has 31 heavy (non-hydrogen) atoms.